The molecule has 0 bridgehead atoms. The average Bonchev–Trinajstić information content (AvgIpc) is 2.99. The quantitative estimate of drug-likeness (QED) is 0.863. The molecule has 1 saturated carbocycles. The minimum absolute atomic E-state index is 0.170. The largest absolute Gasteiger partial charge is 0.353 e. The van der Waals surface area contributed by atoms with Crippen LogP contribution in [0.4, 0.5) is 0 Å². The van der Waals surface area contributed by atoms with Crippen LogP contribution in [0.5, 0.6) is 0 Å². The van der Waals surface area contributed by atoms with E-state index in [9.17, 15) is 4.79 Å². The Morgan fingerprint density at radius 2 is 2.35 bits per heavy atom. The van der Waals surface area contributed by atoms with E-state index in [1.54, 1.807) is 11.3 Å². The van der Waals surface area contributed by atoms with Gasteiger partial charge in [-0.05, 0) is 32.0 Å². The number of hydrogen-bond donors (Lipinski definition) is 1. The molecule has 0 unspecified atom stereocenters. The van der Waals surface area contributed by atoms with Gasteiger partial charge in [-0.2, -0.15) is 0 Å². The molecule has 1 heterocycles. The maximum absolute atomic E-state index is 11.5. The van der Waals surface area contributed by atoms with Crippen molar-refractivity contribution in [3.05, 3.63) is 21.3 Å². The van der Waals surface area contributed by atoms with Crippen molar-refractivity contribution >= 4 is 28.8 Å². The van der Waals surface area contributed by atoms with Crippen LogP contribution in [0, 0.1) is 0 Å². The van der Waals surface area contributed by atoms with Crippen LogP contribution >= 0.6 is 22.9 Å². The molecule has 0 radical (unpaired) electrons. The van der Waals surface area contributed by atoms with Crippen molar-refractivity contribution in [1.29, 1.82) is 0 Å². The number of carbonyl (C=O) groups is 1. The van der Waals surface area contributed by atoms with Gasteiger partial charge in [-0.25, -0.2) is 0 Å². The van der Waals surface area contributed by atoms with Crippen LogP contribution in [0.3, 0.4) is 0 Å². The molecule has 17 heavy (non-hydrogen) atoms. The number of halogens is 1. The van der Waals surface area contributed by atoms with Crippen LogP contribution in [-0.4, -0.2) is 30.4 Å². The molecular weight excluding hydrogens is 256 g/mol. The molecule has 1 aromatic heterocycles. The molecule has 3 nitrogen and oxygen atoms in total. The highest BCUT2D eigenvalue weighted by Crippen LogP contribution is 2.22. The van der Waals surface area contributed by atoms with Crippen LogP contribution < -0.4 is 5.32 Å². The molecule has 94 valence electrons. The fraction of sp³-hybridized carbons (Fsp3) is 0.583. The molecule has 0 saturated heterocycles. The summed E-state index contributed by atoms with van der Waals surface area (Å²) in [6, 6.07) is 4.41. The van der Waals surface area contributed by atoms with E-state index in [4.69, 9.17) is 11.6 Å². The first-order valence-electron chi connectivity index (χ1n) is 5.85. The Morgan fingerprint density at radius 3 is 2.94 bits per heavy atom. The van der Waals surface area contributed by atoms with E-state index >= 15 is 0 Å². The minimum atomic E-state index is 0.170. The molecule has 0 spiro atoms. The fourth-order valence-corrected chi connectivity index (χ4v) is 2.77. The van der Waals surface area contributed by atoms with Gasteiger partial charge in [0.05, 0.1) is 4.34 Å². The van der Waals surface area contributed by atoms with Crippen molar-refractivity contribution in [2.45, 2.75) is 31.8 Å². The Hall–Kier alpha value is -0.580. The van der Waals surface area contributed by atoms with Crippen molar-refractivity contribution in [2.24, 2.45) is 0 Å². The molecule has 1 N–H and O–H groups in total. The van der Waals surface area contributed by atoms with Gasteiger partial charge in [0.25, 0.3) is 0 Å². The van der Waals surface area contributed by atoms with Crippen molar-refractivity contribution in [2.75, 3.05) is 13.6 Å². The molecule has 0 aliphatic heterocycles. The maximum Gasteiger partial charge on any atom is 0.221 e. The third kappa shape index (κ3) is 4.66. The van der Waals surface area contributed by atoms with E-state index in [1.807, 2.05) is 19.2 Å². The van der Waals surface area contributed by atoms with Gasteiger partial charge in [-0.3, -0.25) is 4.79 Å². The highest BCUT2D eigenvalue weighted by atomic mass is 35.5. The fourth-order valence-electron chi connectivity index (χ4n) is 1.60. The number of thiophene rings is 1. The van der Waals surface area contributed by atoms with Crippen molar-refractivity contribution in [3.8, 4) is 0 Å². The molecule has 0 aromatic carbocycles. The number of nitrogens with one attached hydrogen (secondary N) is 1. The summed E-state index contributed by atoms with van der Waals surface area (Å²) in [7, 11) is 2.03. The Morgan fingerprint density at radius 1 is 1.59 bits per heavy atom. The monoisotopic (exact) mass is 272 g/mol. The number of rotatable bonds is 6. The van der Waals surface area contributed by atoms with Gasteiger partial charge in [0.1, 0.15) is 0 Å². The van der Waals surface area contributed by atoms with E-state index in [-0.39, 0.29) is 5.91 Å². The van der Waals surface area contributed by atoms with Crippen LogP contribution in [0.15, 0.2) is 12.1 Å². The molecule has 1 fully saturated rings. The zero-order valence-electron chi connectivity index (χ0n) is 9.91. The van der Waals surface area contributed by atoms with Crippen LogP contribution in [-0.2, 0) is 11.3 Å². The van der Waals surface area contributed by atoms with Crippen LogP contribution in [0.1, 0.15) is 24.1 Å². The van der Waals surface area contributed by atoms with Crippen LogP contribution in [0.25, 0.3) is 0 Å². The van der Waals surface area contributed by atoms with Crippen LogP contribution in [0.2, 0.25) is 4.34 Å². The Labute approximate surface area is 111 Å². The summed E-state index contributed by atoms with van der Waals surface area (Å²) in [5, 5.41) is 2.99. The Balaban J connectivity index is 1.66. The minimum Gasteiger partial charge on any atom is -0.353 e. The van der Waals surface area contributed by atoms with Gasteiger partial charge in [-0.1, -0.05) is 11.6 Å². The van der Waals surface area contributed by atoms with E-state index in [2.05, 4.69) is 10.2 Å². The highest BCUT2D eigenvalue weighted by Gasteiger charge is 2.22. The smallest absolute Gasteiger partial charge is 0.221 e. The second-order valence-electron chi connectivity index (χ2n) is 4.54. The normalized spacial score (nSPS) is 15.2. The van der Waals surface area contributed by atoms with E-state index < -0.39 is 0 Å². The molecule has 1 aromatic rings. The zero-order chi connectivity index (χ0) is 12.3. The first kappa shape index (κ1) is 12.9. The SMILES string of the molecule is CN(CCC(=O)NC1CC1)Cc1ccc(Cl)s1. The Bertz CT molecular complexity index is 390. The first-order chi connectivity index (χ1) is 8.13. The summed E-state index contributed by atoms with van der Waals surface area (Å²) >= 11 is 7.47. The molecule has 1 amide bonds. The van der Waals surface area contributed by atoms with Gasteiger partial charge in [-0.15, -0.1) is 11.3 Å². The van der Waals surface area contributed by atoms with Gasteiger partial charge in [0.15, 0.2) is 0 Å². The average molecular weight is 273 g/mol. The van der Waals surface area contributed by atoms with Gasteiger partial charge in [0, 0.05) is 30.4 Å². The van der Waals surface area contributed by atoms with Gasteiger partial charge in [0.2, 0.25) is 5.91 Å². The maximum atomic E-state index is 11.5. The molecule has 1 aliphatic rings. The summed E-state index contributed by atoms with van der Waals surface area (Å²) < 4.78 is 0.819. The highest BCUT2D eigenvalue weighted by molar-refractivity contribution is 7.16. The standard InChI is InChI=1S/C12H17ClN2OS/c1-15(8-10-4-5-11(13)17-10)7-6-12(16)14-9-2-3-9/h4-5,9H,2-3,6-8H2,1H3,(H,14,16). The number of carbonyl (C=O) groups excluding carboxylic acids is 1. The number of hydrogen-bond acceptors (Lipinski definition) is 3. The van der Waals surface area contributed by atoms with Crippen molar-refractivity contribution < 1.29 is 4.79 Å². The predicted octanol–water partition coefficient (Wildman–Crippen LogP) is 2.50. The summed E-state index contributed by atoms with van der Waals surface area (Å²) in [6.07, 6.45) is 2.87. The molecular formula is C12H17ClN2OS. The molecule has 1 aliphatic carbocycles. The summed E-state index contributed by atoms with van der Waals surface area (Å²) in [5.41, 5.74) is 0. The zero-order valence-corrected chi connectivity index (χ0v) is 11.5. The number of amides is 1. The lowest BCUT2D eigenvalue weighted by molar-refractivity contribution is -0.121. The van der Waals surface area contributed by atoms with Gasteiger partial charge >= 0.3 is 0 Å². The van der Waals surface area contributed by atoms with E-state index in [0.29, 0.717) is 12.5 Å². The summed E-state index contributed by atoms with van der Waals surface area (Å²) in [6.45, 7) is 1.64. The summed E-state index contributed by atoms with van der Waals surface area (Å²) in [4.78, 5) is 14.9. The molecule has 0 atom stereocenters. The van der Waals surface area contributed by atoms with Crippen molar-refractivity contribution in [3.63, 3.8) is 0 Å². The molecule has 5 heteroatoms. The lowest BCUT2D eigenvalue weighted by Gasteiger charge is -2.15. The van der Waals surface area contributed by atoms with Gasteiger partial charge < -0.3 is 10.2 Å². The second kappa shape index (κ2) is 5.85. The third-order valence-electron chi connectivity index (χ3n) is 2.72. The van der Waals surface area contributed by atoms with E-state index in [1.165, 1.54) is 4.88 Å². The lowest BCUT2D eigenvalue weighted by atomic mass is 10.3. The second-order valence-corrected chi connectivity index (χ2v) is 6.34. The van der Waals surface area contributed by atoms with E-state index in [0.717, 1.165) is 30.3 Å². The summed E-state index contributed by atoms with van der Waals surface area (Å²) in [5.74, 6) is 0.170. The molecule has 2 rings (SSSR count). The third-order valence-corrected chi connectivity index (χ3v) is 3.93. The lowest BCUT2D eigenvalue weighted by Crippen LogP contribution is -2.29. The Kier molecular flexibility index (Phi) is 4.42. The number of nitrogens with zero attached hydrogens (tertiary/aromatic N) is 1. The van der Waals surface area contributed by atoms with Crippen molar-refractivity contribution in [1.82, 2.24) is 10.2 Å². The topological polar surface area (TPSA) is 32.3 Å². The first-order valence-corrected chi connectivity index (χ1v) is 7.05. The predicted molar refractivity (Wildman–Crippen MR) is 71.4 cm³/mol.